The van der Waals surface area contributed by atoms with Crippen molar-refractivity contribution in [3.8, 4) is 22.8 Å². The number of methoxy groups -OCH3 is 2. The second-order valence-electron chi connectivity index (χ2n) is 13.4. The van der Waals surface area contributed by atoms with Crippen LogP contribution in [0.1, 0.15) is 33.2 Å². The Morgan fingerprint density at radius 2 is 1.64 bits per heavy atom. The molecule has 4 heterocycles. The van der Waals surface area contributed by atoms with Gasteiger partial charge in [0.05, 0.1) is 61.8 Å². The van der Waals surface area contributed by atoms with Crippen LogP contribution in [0.15, 0.2) is 55.0 Å². The van der Waals surface area contributed by atoms with E-state index in [4.69, 9.17) is 23.9 Å². The predicted octanol–water partition coefficient (Wildman–Crippen LogP) is 4.98. The van der Waals surface area contributed by atoms with Crippen LogP contribution in [0, 0.1) is 5.92 Å². The lowest BCUT2D eigenvalue weighted by molar-refractivity contribution is -0.145. The number of fused-ring (bicyclic) bond motifs is 1. The summed E-state index contributed by atoms with van der Waals surface area (Å²) in [6.07, 6.45) is 3.00. The van der Waals surface area contributed by atoms with E-state index >= 15 is 0 Å². The third-order valence-corrected chi connectivity index (χ3v) is 8.85. The van der Waals surface area contributed by atoms with Gasteiger partial charge in [-0.3, -0.25) is 14.5 Å². The average molecular weight is 688 g/mol. The minimum atomic E-state index is -1.05. The molecule has 2 aromatic heterocycles. The smallest absolute Gasteiger partial charge is 0.497 e. The number of hydrogen-bond donors (Lipinski definition) is 1. The molecule has 0 radical (unpaired) electrons. The zero-order valence-corrected chi connectivity index (χ0v) is 28.9. The zero-order chi connectivity index (χ0) is 35.7. The van der Waals surface area contributed by atoms with E-state index in [0.29, 0.717) is 41.2 Å². The molecule has 2 aromatic carbocycles. The summed E-state index contributed by atoms with van der Waals surface area (Å²) in [6, 6.07) is 11.1. The third kappa shape index (κ3) is 7.36. The van der Waals surface area contributed by atoms with Crippen molar-refractivity contribution in [1.29, 1.82) is 0 Å². The normalized spacial score (nSPS) is 18.0. The van der Waals surface area contributed by atoms with Crippen molar-refractivity contribution in [2.24, 2.45) is 5.92 Å². The van der Waals surface area contributed by atoms with Gasteiger partial charge in [-0.05, 0) is 45.4 Å². The summed E-state index contributed by atoms with van der Waals surface area (Å²) in [4.78, 5) is 51.6. The summed E-state index contributed by atoms with van der Waals surface area (Å²) in [5, 5.41) is 13.8. The molecule has 15 nitrogen and oxygen atoms in total. The molecule has 264 valence electrons. The largest absolute Gasteiger partial charge is 0.509 e. The summed E-state index contributed by atoms with van der Waals surface area (Å²) in [5.74, 6) is 0.758. The van der Waals surface area contributed by atoms with Gasteiger partial charge in [-0.1, -0.05) is 0 Å². The standard InChI is InChI=1S/C35H41N7O8/c1-35(2,3)50-34(46)49-31-20-40(32(43)22-17-41(18-22)33(44)45)10-9-30(31)42-19-21(15-37-42)29-16-36-27-8-7-23(13-28(27)38-29)39(4)24-11-25(47-5)14-26(12-24)48-6/h7-8,11-16,19,22,30-31H,9-10,17-18,20H2,1-6H3,(H,44,45). The van der Waals surface area contributed by atoms with Gasteiger partial charge < -0.3 is 38.8 Å². The molecule has 2 fully saturated rings. The van der Waals surface area contributed by atoms with Gasteiger partial charge in [0.2, 0.25) is 5.91 Å². The first kappa shape index (κ1) is 34.3. The maximum Gasteiger partial charge on any atom is 0.509 e. The number of hydrogen-bond acceptors (Lipinski definition) is 11. The highest BCUT2D eigenvalue weighted by Crippen LogP contribution is 2.34. The van der Waals surface area contributed by atoms with E-state index in [2.05, 4.69) is 10.1 Å². The Balaban J connectivity index is 1.22. The van der Waals surface area contributed by atoms with Crippen molar-refractivity contribution in [2.75, 3.05) is 52.3 Å². The topological polar surface area (TPSA) is 162 Å². The molecule has 2 unspecified atom stereocenters. The van der Waals surface area contributed by atoms with Crippen LogP contribution in [0.25, 0.3) is 22.3 Å². The number of benzene rings is 2. The summed E-state index contributed by atoms with van der Waals surface area (Å²) < 4.78 is 23.9. The lowest BCUT2D eigenvalue weighted by atomic mass is 9.95. The number of rotatable bonds is 8. The molecule has 15 heteroatoms. The first-order chi connectivity index (χ1) is 23.8. The fourth-order valence-electron chi connectivity index (χ4n) is 6.10. The third-order valence-electron chi connectivity index (χ3n) is 8.85. The highest BCUT2D eigenvalue weighted by atomic mass is 16.7. The highest BCUT2D eigenvalue weighted by molar-refractivity contribution is 5.83. The number of carboxylic acid groups (broad SMARTS) is 1. The van der Waals surface area contributed by atoms with Crippen LogP contribution in [-0.2, 0) is 14.3 Å². The number of ether oxygens (including phenoxy) is 4. The van der Waals surface area contributed by atoms with Crippen LogP contribution < -0.4 is 14.4 Å². The van der Waals surface area contributed by atoms with Crippen LogP contribution >= 0.6 is 0 Å². The Labute approximate surface area is 289 Å². The Morgan fingerprint density at radius 1 is 0.920 bits per heavy atom. The number of amides is 2. The number of nitrogens with zero attached hydrogens (tertiary/aromatic N) is 7. The molecule has 0 aliphatic carbocycles. The molecule has 2 atom stereocenters. The maximum absolute atomic E-state index is 13.2. The molecule has 4 aromatic rings. The molecule has 0 saturated carbocycles. The molecule has 0 bridgehead atoms. The molecule has 2 saturated heterocycles. The van der Waals surface area contributed by atoms with Gasteiger partial charge in [0, 0.05) is 68.0 Å². The van der Waals surface area contributed by atoms with Crippen molar-refractivity contribution in [1.82, 2.24) is 29.5 Å². The van der Waals surface area contributed by atoms with E-state index in [0.717, 1.165) is 16.9 Å². The molecule has 1 N–H and O–H groups in total. The second-order valence-corrected chi connectivity index (χ2v) is 13.4. The SMILES string of the molecule is COc1cc(OC)cc(N(C)c2ccc3ncc(-c4cnn(C5CCN(C(=O)C6CN(C(=O)O)C6)CC5OC(=O)OC(C)(C)C)c4)nc3c2)c1. The predicted molar refractivity (Wildman–Crippen MR) is 183 cm³/mol. The van der Waals surface area contributed by atoms with Crippen LogP contribution in [0.5, 0.6) is 11.5 Å². The molecule has 2 aliphatic rings. The van der Waals surface area contributed by atoms with Crippen molar-refractivity contribution in [2.45, 2.75) is 44.9 Å². The van der Waals surface area contributed by atoms with Gasteiger partial charge in [0.15, 0.2) is 0 Å². The first-order valence-corrected chi connectivity index (χ1v) is 16.3. The molecule has 6 rings (SSSR count). The number of piperidine rings is 1. The van der Waals surface area contributed by atoms with Crippen molar-refractivity contribution in [3.05, 3.63) is 55.0 Å². The molecular formula is C35H41N7O8. The number of carbonyl (C=O) groups excluding carboxylic acids is 2. The van der Waals surface area contributed by atoms with Gasteiger partial charge in [-0.15, -0.1) is 0 Å². The summed E-state index contributed by atoms with van der Waals surface area (Å²) >= 11 is 0. The van der Waals surface area contributed by atoms with E-state index in [9.17, 15) is 19.5 Å². The second kappa shape index (κ2) is 13.7. The van der Waals surface area contributed by atoms with Crippen LogP contribution in [0.2, 0.25) is 0 Å². The molecule has 50 heavy (non-hydrogen) atoms. The zero-order valence-electron chi connectivity index (χ0n) is 28.9. The number of likely N-dealkylation sites (tertiary alicyclic amines) is 2. The fraction of sp³-hybridized carbons (Fsp3) is 0.429. The first-order valence-electron chi connectivity index (χ1n) is 16.3. The number of anilines is 2. The summed E-state index contributed by atoms with van der Waals surface area (Å²) in [5.41, 5.74) is 3.72. The van der Waals surface area contributed by atoms with Gasteiger partial charge in [-0.2, -0.15) is 5.10 Å². The van der Waals surface area contributed by atoms with Gasteiger partial charge >= 0.3 is 12.2 Å². The lowest BCUT2D eigenvalue weighted by Gasteiger charge is -2.43. The fourth-order valence-corrected chi connectivity index (χ4v) is 6.10. The Morgan fingerprint density at radius 3 is 2.30 bits per heavy atom. The maximum atomic E-state index is 13.2. The van der Waals surface area contributed by atoms with E-state index in [1.54, 1.807) is 57.0 Å². The van der Waals surface area contributed by atoms with Crippen molar-refractivity contribution in [3.63, 3.8) is 0 Å². The van der Waals surface area contributed by atoms with Crippen molar-refractivity contribution < 1.29 is 38.4 Å². The van der Waals surface area contributed by atoms with E-state index in [1.165, 1.54) is 4.90 Å². The minimum absolute atomic E-state index is 0.118. The van der Waals surface area contributed by atoms with Gasteiger partial charge in [-0.25, -0.2) is 14.6 Å². The monoisotopic (exact) mass is 687 g/mol. The summed E-state index contributed by atoms with van der Waals surface area (Å²) in [6.45, 7) is 6.04. The summed E-state index contributed by atoms with van der Waals surface area (Å²) in [7, 11) is 5.17. The quantitative estimate of drug-likeness (QED) is 0.248. The van der Waals surface area contributed by atoms with Crippen LogP contribution in [0.4, 0.5) is 21.0 Å². The molecule has 2 amide bonds. The van der Waals surface area contributed by atoms with Crippen molar-refractivity contribution >= 4 is 40.6 Å². The molecule has 2 aliphatic heterocycles. The van der Waals surface area contributed by atoms with E-state index in [1.807, 2.05) is 54.5 Å². The Bertz CT molecular complexity index is 1880. The minimum Gasteiger partial charge on any atom is -0.497 e. The highest BCUT2D eigenvalue weighted by Gasteiger charge is 2.42. The van der Waals surface area contributed by atoms with Crippen LogP contribution in [-0.4, -0.2) is 112 Å². The average Bonchev–Trinajstić information content (AvgIpc) is 3.55. The number of carbonyl (C=O) groups is 3. The Hall–Kier alpha value is -5.60. The van der Waals surface area contributed by atoms with Crippen LogP contribution in [0.3, 0.4) is 0 Å². The molecular weight excluding hydrogens is 646 g/mol. The van der Waals surface area contributed by atoms with E-state index in [-0.39, 0.29) is 25.5 Å². The van der Waals surface area contributed by atoms with Gasteiger partial charge in [0.1, 0.15) is 23.2 Å². The number of aromatic nitrogens is 4. The lowest BCUT2D eigenvalue weighted by Crippen LogP contribution is -2.58. The van der Waals surface area contributed by atoms with E-state index < -0.39 is 35.9 Å². The molecule has 0 spiro atoms. The van der Waals surface area contributed by atoms with Gasteiger partial charge in [0.25, 0.3) is 0 Å². The Kier molecular flexibility index (Phi) is 9.41.